The SMILES string of the molecule is COCc1ccccc1NCC1CCCN(C)C1. The van der Waals surface area contributed by atoms with Crippen LogP contribution in [0.5, 0.6) is 0 Å². The second-order valence-electron chi connectivity index (χ2n) is 5.24. The Hall–Kier alpha value is -1.06. The van der Waals surface area contributed by atoms with Gasteiger partial charge in [-0.2, -0.15) is 0 Å². The van der Waals surface area contributed by atoms with Gasteiger partial charge in [0.25, 0.3) is 0 Å². The first-order chi connectivity index (χ1) is 8.79. The molecule has 0 radical (unpaired) electrons. The second kappa shape index (κ2) is 6.76. The number of nitrogens with zero attached hydrogens (tertiary/aromatic N) is 1. The second-order valence-corrected chi connectivity index (χ2v) is 5.24. The Morgan fingerprint density at radius 3 is 3.00 bits per heavy atom. The van der Waals surface area contributed by atoms with E-state index in [1.54, 1.807) is 7.11 Å². The highest BCUT2D eigenvalue weighted by molar-refractivity contribution is 5.50. The zero-order valence-corrected chi connectivity index (χ0v) is 11.5. The van der Waals surface area contributed by atoms with Crippen molar-refractivity contribution in [2.75, 3.05) is 39.1 Å². The lowest BCUT2D eigenvalue weighted by molar-refractivity contribution is 0.185. The molecule has 0 aliphatic carbocycles. The molecular formula is C15H24N2O. The molecular weight excluding hydrogens is 224 g/mol. The van der Waals surface area contributed by atoms with Crippen LogP contribution in [-0.4, -0.2) is 38.7 Å². The summed E-state index contributed by atoms with van der Waals surface area (Å²) in [6, 6.07) is 8.40. The Bertz CT molecular complexity index is 367. The molecule has 0 saturated carbocycles. The van der Waals surface area contributed by atoms with Gasteiger partial charge in [-0.25, -0.2) is 0 Å². The van der Waals surface area contributed by atoms with Crippen LogP contribution in [0.15, 0.2) is 24.3 Å². The van der Waals surface area contributed by atoms with E-state index in [-0.39, 0.29) is 0 Å². The van der Waals surface area contributed by atoms with E-state index in [1.807, 2.05) is 0 Å². The molecule has 1 fully saturated rings. The molecule has 0 amide bonds. The van der Waals surface area contributed by atoms with Crippen LogP contribution in [0, 0.1) is 5.92 Å². The van der Waals surface area contributed by atoms with Gasteiger partial charge in [0.1, 0.15) is 0 Å². The number of benzene rings is 1. The first-order valence-corrected chi connectivity index (χ1v) is 6.79. The highest BCUT2D eigenvalue weighted by atomic mass is 16.5. The fraction of sp³-hybridized carbons (Fsp3) is 0.600. The molecule has 0 spiro atoms. The summed E-state index contributed by atoms with van der Waals surface area (Å²) in [7, 11) is 3.96. The van der Waals surface area contributed by atoms with Crippen molar-refractivity contribution in [2.24, 2.45) is 5.92 Å². The molecule has 1 aliphatic heterocycles. The number of anilines is 1. The number of rotatable bonds is 5. The number of hydrogen-bond acceptors (Lipinski definition) is 3. The number of methoxy groups -OCH3 is 1. The van der Waals surface area contributed by atoms with Gasteiger partial charge in [0.2, 0.25) is 0 Å². The third-order valence-corrected chi connectivity index (χ3v) is 3.62. The monoisotopic (exact) mass is 248 g/mol. The standard InChI is InChI=1S/C15H24N2O/c1-17-9-5-6-13(11-17)10-16-15-8-4-3-7-14(15)12-18-2/h3-4,7-8,13,16H,5-6,9-12H2,1-2H3. The molecule has 3 nitrogen and oxygen atoms in total. The maximum atomic E-state index is 5.23. The molecule has 0 aromatic heterocycles. The van der Waals surface area contributed by atoms with Crippen molar-refractivity contribution >= 4 is 5.69 Å². The average molecular weight is 248 g/mol. The number of piperidine rings is 1. The maximum absolute atomic E-state index is 5.23. The zero-order valence-electron chi connectivity index (χ0n) is 11.5. The Morgan fingerprint density at radius 1 is 1.39 bits per heavy atom. The van der Waals surface area contributed by atoms with Gasteiger partial charge in [-0.3, -0.25) is 0 Å². The van der Waals surface area contributed by atoms with Gasteiger partial charge in [0, 0.05) is 31.5 Å². The lowest BCUT2D eigenvalue weighted by Gasteiger charge is -2.30. The quantitative estimate of drug-likeness (QED) is 0.867. The minimum absolute atomic E-state index is 0.674. The summed E-state index contributed by atoms with van der Waals surface area (Å²) in [6.45, 7) is 4.19. The third kappa shape index (κ3) is 3.72. The van der Waals surface area contributed by atoms with Crippen LogP contribution in [0.2, 0.25) is 0 Å². The molecule has 1 aromatic carbocycles. The summed E-state index contributed by atoms with van der Waals surface area (Å²) in [4.78, 5) is 2.43. The van der Waals surface area contributed by atoms with E-state index in [1.165, 1.54) is 37.2 Å². The summed E-state index contributed by atoms with van der Waals surface area (Å²) in [5, 5.41) is 3.58. The van der Waals surface area contributed by atoms with Crippen LogP contribution >= 0.6 is 0 Å². The number of nitrogens with one attached hydrogen (secondary N) is 1. The molecule has 1 aliphatic rings. The summed E-state index contributed by atoms with van der Waals surface area (Å²) in [6.07, 6.45) is 2.66. The van der Waals surface area contributed by atoms with Gasteiger partial charge in [0.05, 0.1) is 6.61 Å². The van der Waals surface area contributed by atoms with Crippen LogP contribution in [-0.2, 0) is 11.3 Å². The van der Waals surface area contributed by atoms with Crippen LogP contribution in [0.3, 0.4) is 0 Å². The molecule has 1 N–H and O–H groups in total. The fourth-order valence-electron chi connectivity index (χ4n) is 2.67. The summed E-state index contributed by atoms with van der Waals surface area (Å²) >= 11 is 0. The van der Waals surface area contributed by atoms with Crippen molar-refractivity contribution < 1.29 is 4.74 Å². The van der Waals surface area contributed by atoms with E-state index in [9.17, 15) is 0 Å². The van der Waals surface area contributed by atoms with Crippen molar-refractivity contribution in [1.82, 2.24) is 4.90 Å². The minimum Gasteiger partial charge on any atom is -0.384 e. The smallest absolute Gasteiger partial charge is 0.0733 e. The normalized spacial score (nSPS) is 20.9. The highest BCUT2D eigenvalue weighted by Gasteiger charge is 2.16. The Kier molecular flexibility index (Phi) is 5.02. The number of likely N-dealkylation sites (tertiary alicyclic amines) is 1. The zero-order chi connectivity index (χ0) is 12.8. The number of para-hydroxylation sites is 1. The molecule has 1 atom stereocenters. The number of ether oxygens (including phenoxy) is 1. The molecule has 1 aromatic rings. The average Bonchev–Trinajstić information content (AvgIpc) is 2.38. The van der Waals surface area contributed by atoms with Crippen LogP contribution in [0.1, 0.15) is 18.4 Å². The first-order valence-electron chi connectivity index (χ1n) is 6.79. The van der Waals surface area contributed by atoms with E-state index in [2.05, 4.69) is 41.5 Å². The van der Waals surface area contributed by atoms with Gasteiger partial charge in [-0.15, -0.1) is 0 Å². The molecule has 2 rings (SSSR count). The van der Waals surface area contributed by atoms with Crippen LogP contribution < -0.4 is 5.32 Å². The highest BCUT2D eigenvalue weighted by Crippen LogP contribution is 2.19. The Balaban J connectivity index is 1.89. The molecule has 3 heteroatoms. The molecule has 18 heavy (non-hydrogen) atoms. The van der Waals surface area contributed by atoms with E-state index in [0.717, 1.165) is 12.5 Å². The summed E-state index contributed by atoms with van der Waals surface area (Å²) < 4.78 is 5.23. The van der Waals surface area contributed by atoms with E-state index >= 15 is 0 Å². The van der Waals surface area contributed by atoms with Gasteiger partial charge in [0.15, 0.2) is 0 Å². The van der Waals surface area contributed by atoms with Crippen molar-refractivity contribution in [3.63, 3.8) is 0 Å². The van der Waals surface area contributed by atoms with Crippen molar-refractivity contribution in [3.8, 4) is 0 Å². The van der Waals surface area contributed by atoms with Crippen LogP contribution in [0.25, 0.3) is 0 Å². The van der Waals surface area contributed by atoms with E-state index < -0.39 is 0 Å². The molecule has 1 unspecified atom stereocenters. The summed E-state index contributed by atoms with van der Waals surface area (Å²) in [5.41, 5.74) is 2.46. The fourth-order valence-corrected chi connectivity index (χ4v) is 2.67. The third-order valence-electron chi connectivity index (χ3n) is 3.62. The van der Waals surface area contributed by atoms with Crippen LogP contribution in [0.4, 0.5) is 5.69 Å². The van der Waals surface area contributed by atoms with Gasteiger partial charge >= 0.3 is 0 Å². The van der Waals surface area contributed by atoms with Crippen molar-refractivity contribution in [1.29, 1.82) is 0 Å². The Labute approximate surface area is 110 Å². The summed E-state index contributed by atoms with van der Waals surface area (Å²) in [5.74, 6) is 0.763. The van der Waals surface area contributed by atoms with Gasteiger partial charge in [-0.05, 0) is 38.4 Å². The first kappa shape index (κ1) is 13.4. The van der Waals surface area contributed by atoms with Gasteiger partial charge < -0.3 is 15.0 Å². The molecule has 0 bridgehead atoms. The largest absolute Gasteiger partial charge is 0.384 e. The molecule has 1 saturated heterocycles. The molecule has 1 heterocycles. The van der Waals surface area contributed by atoms with Gasteiger partial charge in [-0.1, -0.05) is 18.2 Å². The van der Waals surface area contributed by atoms with E-state index in [0.29, 0.717) is 6.61 Å². The maximum Gasteiger partial charge on any atom is 0.0733 e. The number of hydrogen-bond donors (Lipinski definition) is 1. The Morgan fingerprint density at radius 2 is 2.22 bits per heavy atom. The lowest BCUT2D eigenvalue weighted by Crippen LogP contribution is -2.35. The van der Waals surface area contributed by atoms with Crippen molar-refractivity contribution in [3.05, 3.63) is 29.8 Å². The van der Waals surface area contributed by atoms with Crippen molar-refractivity contribution in [2.45, 2.75) is 19.4 Å². The molecule has 100 valence electrons. The predicted octanol–water partition coefficient (Wildman–Crippen LogP) is 2.59. The predicted molar refractivity (Wildman–Crippen MR) is 75.9 cm³/mol. The lowest BCUT2D eigenvalue weighted by atomic mass is 9.98. The topological polar surface area (TPSA) is 24.5 Å². The van der Waals surface area contributed by atoms with E-state index in [4.69, 9.17) is 4.74 Å². The minimum atomic E-state index is 0.674.